The van der Waals surface area contributed by atoms with Crippen LogP contribution in [0.1, 0.15) is 56.3 Å². The quantitative estimate of drug-likeness (QED) is 0.918. The summed E-state index contributed by atoms with van der Waals surface area (Å²) in [6.45, 7) is 6.27. The van der Waals surface area contributed by atoms with Gasteiger partial charge in [0.05, 0.1) is 23.2 Å². The molecule has 1 fully saturated rings. The van der Waals surface area contributed by atoms with Gasteiger partial charge in [-0.05, 0) is 19.8 Å². The van der Waals surface area contributed by atoms with Crippen LogP contribution in [-0.2, 0) is 9.84 Å². The van der Waals surface area contributed by atoms with Gasteiger partial charge in [-0.1, -0.05) is 20.3 Å². The predicted molar refractivity (Wildman–Crippen MR) is 77.0 cm³/mol. The van der Waals surface area contributed by atoms with Gasteiger partial charge in [-0.25, -0.2) is 13.1 Å². The molecule has 0 spiro atoms. The molecule has 19 heavy (non-hydrogen) atoms. The molecule has 5 nitrogen and oxygen atoms in total. The Morgan fingerprint density at radius 1 is 1.53 bits per heavy atom. The lowest BCUT2D eigenvalue weighted by molar-refractivity contribution is 0.494. The van der Waals surface area contributed by atoms with Crippen molar-refractivity contribution in [1.29, 1.82) is 0 Å². The maximum Gasteiger partial charge on any atom is 0.152 e. The Hall–Kier alpha value is -1.04. The number of rotatable bonds is 4. The molecule has 2 heterocycles. The predicted octanol–water partition coefficient (Wildman–Crippen LogP) is 2.04. The highest BCUT2D eigenvalue weighted by molar-refractivity contribution is 7.91. The van der Waals surface area contributed by atoms with Gasteiger partial charge >= 0.3 is 0 Å². The van der Waals surface area contributed by atoms with Gasteiger partial charge in [-0.15, -0.1) is 0 Å². The molecule has 2 N–H and O–H groups in total. The number of hydrogen-bond acceptors (Lipinski definition) is 4. The fourth-order valence-electron chi connectivity index (χ4n) is 2.83. The Balaban J connectivity index is 2.30. The van der Waals surface area contributed by atoms with Crippen molar-refractivity contribution in [2.75, 3.05) is 17.2 Å². The van der Waals surface area contributed by atoms with Crippen molar-refractivity contribution in [3.63, 3.8) is 0 Å². The molecule has 2 unspecified atom stereocenters. The lowest BCUT2D eigenvalue weighted by atomic mass is 9.99. The standard InChI is InChI=1S/C13H23N3O2S/c1-4-5-9(2)12-10(3)13(14)16(15-12)11-6-7-19(17,18)8-11/h9,11H,4-8,14H2,1-3H3. The molecule has 1 aliphatic heterocycles. The summed E-state index contributed by atoms with van der Waals surface area (Å²) < 4.78 is 24.9. The van der Waals surface area contributed by atoms with E-state index < -0.39 is 9.84 Å². The molecule has 0 saturated carbocycles. The highest BCUT2D eigenvalue weighted by atomic mass is 32.2. The molecule has 1 aliphatic rings. The van der Waals surface area contributed by atoms with Crippen LogP contribution >= 0.6 is 0 Å². The number of nitrogen functional groups attached to an aromatic ring is 1. The van der Waals surface area contributed by atoms with Crippen LogP contribution < -0.4 is 5.73 Å². The maximum absolute atomic E-state index is 11.6. The van der Waals surface area contributed by atoms with Gasteiger partial charge in [0, 0.05) is 11.5 Å². The van der Waals surface area contributed by atoms with Crippen LogP contribution in [-0.4, -0.2) is 29.7 Å². The zero-order chi connectivity index (χ0) is 14.2. The van der Waals surface area contributed by atoms with E-state index in [2.05, 4.69) is 18.9 Å². The zero-order valence-electron chi connectivity index (χ0n) is 11.9. The van der Waals surface area contributed by atoms with E-state index in [1.807, 2.05) is 6.92 Å². The van der Waals surface area contributed by atoms with Crippen LogP contribution in [0.4, 0.5) is 5.82 Å². The van der Waals surface area contributed by atoms with E-state index in [0.29, 0.717) is 18.2 Å². The summed E-state index contributed by atoms with van der Waals surface area (Å²) in [5, 5.41) is 4.60. The first-order valence-electron chi connectivity index (χ1n) is 6.90. The number of nitrogens with zero attached hydrogens (tertiary/aromatic N) is 2. The lowest BCUT2D eigenvalue weighted by Crippen LogP contribution is -2.15. The van der Waals surface area contributed by atoms with Gasteiger partial charge in [0.2, 0.25) is 0 Å². The molecular weight excluding hydrogens is 262 g/mol. The average molecular weight is 285 g/mol. The fourth-order valence-corrected chi connectivity index (χ4v) is 4.52. The summed E-state index contributed by atoms with van der Waals surface area (Å²) in [6, 6.07) is -0.0914. The van der Waals surface area contributed by atoms with E-state index in [-0.39, 0.29) is 17.5 Å². The van der Waals surface area contributed by atoms with Crippen molar-refractivity contribution in [1.82, 2.24) is 9.78 Å². The summed E-state index contributed by atoms with van der Waals surface area (Å²) >= 11 is 0. The minimum absolute atomic E-state index is 0.0914. The van der Waals surface area contributed by atoms with Gasteiger partial charge in [0.25, 0.3) is 0 Å². The van der Waals surface area contributed by atoms with Gasteiger partial charge in [-0.2, -0.15) is 5.10 Å². The van der Waals surface area contributed by atoms with Crippen LogP contribution in [0, 0.1) is 6.92 Å². The third kappa shape index (κ3) is 2.78. The fraction of sp³-hybridized carbons (Fsp3) is 0.769. The largest absolute Gasteiger partial charge is 0.384 e. The number of nitrogens with two attached hydrogens (primary N) is 1. The second-order valence-corrected chi connectivity index (χ2v) is 7.82. The van der Waals surface area contributed by atoms with E-state index in [1.165, 1.54) is 0 Å². The van der Waals surface area contributed by atoms with Crippen LogP contribution in [0.5, 0.6) is 0 Å². The average Bonchev–Trinajstić information content (AvgIpc) is 2.82. The van der Waals surface area contributed by atoms with Crippen LogP contribution in [0.2, 0.25) is 0 Å². The molecule has 0 amide bonds. The van der Waals surface area contributed by atoms with Gasteiger partial charge < -0.3 is 5.73 Å². The zero-order valence-corrected chi connectivity index (χ0v) is 12.7. The van der Waals surface area contributed by atoms with Crippen LogP contribution in [0.3, 0.4) is 0 Å². The number of anilines is 1. The second-order valence-electron chi connectivity index (χ2n) is 5.59. The minimum Gasteiger partial charge on any atom is -0.384 e. The van der Waals surface area contributed by atoms with E-state index >= 15 is 0 Å². The summed E-state index contributed by atoms with van der Waals surface area (Å²) in [5.41, 5.74) is 8.13. The Morgan fingerprint density at radius 3 is 2.74 bits per heavy atom. The van der Waals surface area contributed by atoms with Gasteiger partial charge in [0.15, 0.2) is 9.84 Å². The Morgan fingerprint density at radius 2 is 2.21 bits per heavy atom. The third-order valence-electron chi connectivity index (χ3n) is 3.97. The van der Waals surface area contributed by atoms with E-state index in [1.54, 1.807) is 4.68 Å². The molecule has 0 aromatic carbocycles. The highest BCUT2D eigenvalue weighted by Gasteiger charge is 2.32. The van der Waals surface area contributed by atoms with Crippen LogP contribution in [0.15, 0.2) is 0 Å². The van der Waals surface area contributed by atoms with Crippen molar-refractivity contribution in [2.45, 2.75) is 52.0 Å². The molecule has 108 valence electrons. The number of sulfone groups is 1. The number of hydrogen-bond donors (Lipinski definition) is 1. The summed E-state index contributed by atoms with van der Waals surface area (Å²) in [7, 11) is -2.91. The maximum atomic E-state index is 11.6. The normalized spacial score (nSPS) is 23.6. The first kappa shape index (κ1) is 14.4. The molecule has 6 heteroatoms. The van der Waals surface area contributed by atoms with E-state index in [9.17, 15) is 8.42 Å². The highest BCUT2D eigenvalue weighted by Crippen LogP contribution is 2.31. The summed E-state index contributed by atoms with van der Waals surface area (Å²) in [4.78, 5) is 0. The molecule has 2 atom stereocenters. The van der Waals surface area contributed by atoms with Gasteiger partial charge in [-0.3, -0.25) is 0 Å². The molecule has 0 bridgehead atoms. The molecule has 0 aliphatic carbocycles. The van der Waals surface area contributed by atoms with Crippen molar-refractivity contribution < 1.29 is 8.42 Å². The Labute approximate surface area is 115 Å². The van der Waals surface area contributed by atoms with Crippen molar-refractivity contribution in [2.24, 2.45) is 0 Å². The minimum atomic E-state index is -2.91. The molecule has 1 aromatic heterocycles. The number of aromatic nitrogens is 2. The summed E-state index contributed by atoms with van der Waals surface area (Å²) in [5.74, 6) is 1.40. The van der Waals surface area contributed by atoms with E-state index in [4.69, 9.17) is 5.73 Å². The Bertz CT molecular complexity index is 563. The summed E-state index contributed by atoms with van der Waals surface area (Å²) in [6.07, 6.45) is 2.79. The SMILES string of the molecule is CCCC(C)c1nn(C2CCS(=O)(=O)C2)c(N)c1C. The monoisotopic (exact) mass is 285 g/mol. The molecule has 1 saturated heterocycles. The first-order valence-corrected chi connectivity index (χ1v) is 8.72. The topological polar surface area (TPSA) is 78.0 Å². The molecule has 2 rings (SSSR count). The first-order chi connectivity index (χ1) is 8.85. The lowest BCUT2D eigenvalue weighted by Gasteiger charge is -2.10. The smallest absolute Gasteiger partial charge is 0.152 e. The molecule has 1 aromatic rings. The van der Waals surface area contributed by atoms with Crippen molar-refractivity contribution in [3.8, 4) is 0 Å². The third-order valence-corrected chi connectivity index (χ3v) is 5.72. The second kappa shape index (κ2) is 5.15. The van der Waals surface area contributed by atoms with Crippen LogP contribution in [0.25, 0.3) is 0 Å². The molecular formula is C13H23N3O2S. The van der Waals surface area contributed by atoms with Gasteiger partial charge in [0.1, 0.15) is 5.82 Å². The van der Waals surface area contributed by atoms with Crippen molar-refractivity contribution >= 4 is 15.7 Å². The Kier molecular flexibility index (Phi) is 3.90. The molecule has 0 radical (unpaired) electrons. The van der Waals surface area contributed by atoms with Crippen molar-refractivity contribution in [3.05, 3.63) is 11.3 Å². The van der Waals surface area contributed by atoms with E-state index in [0.717, 1.165) is 24.1 Å².